The standard InChI is InChI=1S/C17H16N4O2.ClH/c1-11-5-6-16(20-8-11)23-10-13-4-2-3-12-7-15(21-17(18)22)19-9-14(12)13;/h2-9H,10H2,1H3,(H3,18,19,21,22);1H. The van der Waals surface area contributed by atoms with Gasteiger partial charge in [-0.15, -0.1) is 12.4 Å². The van der Waals surface area contributed by atoms with Crippen LogP contribution in [-0.2, 0) is 6.61 Å². The van der Waals surface area contributed by atoms with Crippen molar-refractivity contribution in [2.45, 2.75) is 13.5 Å². The zero-order chi connectivity index (χ0) is 16.2. The van der Waals surface area contributed by atoms with Crippen LogP contribution in [0, 0.1) is 6.92 Å². The number of rotatable bonds is 4. The van der Waals surface area contributed by atoms with Crippen LogP contribution in [-0.4, -0.2) is 16.0 Å². The third kappa shape index (κ3) is 4.11. The fourth-order valence-corrected chi connectivity index (χ4v) is 2.25. The molecule has 3 N–H and O–H groups in total. The number of carbonyl (C=O) groups excluding carboxylic acids is 1. The minimum Gasteiger partial charge on any atom is -0.473 e. The number of ether oxygens (including phenoxy) is 1. The number of hydrogen-bond donors (Lipinski definition) is 2. The maximum atomic E-state index is 10.9. The van der Waals surface area contributed by atoms with Gasteiger partial charge in [0, 0.05) is 23.8 Å². The van der Waals surface area contributed by atoms with Crippen LogP contribution in [0.1, 0.15) is 11.1 Å². The van der Waals surface area contributed by atoms with Crippen molar-refractivity contribution in [3.8, 4) is 5.88 Å². The van der Waals surface area contributed by atoms with Crippen LogP contribution >= 0.6 is 12.4 Å². The number of primary amides is 1. The molecule has 2 aromatic heterocycles. The number of aromatic nitrogens is 2. The SMILES string of the molecule is Cc1ccc(OCc2cccc3cc(NC(N)=O)ncc23)nc1.Cl. The van der Waals surface area contributed by atoms with Crippen molar-refractivity contribution in [2.75, 3.05) is 5.32 Å². The second kappa shape index (κ2) is 7.61. The average molecular weight is 345 g/mol. The van der Waals surface area contributed by atoms with E-state index in [1.807, 2.05) is 37.3 Å². The number of hydrogen-bond acceptors (Lipinski definition) is 4. The van der Waals surface area contributed by atoms with Gasteiger partial charge in [0.1, 0.15) is 12.4 Å². The van der Waals surface area contributed by atoms with Crippen molar-refractivity contribution in [3.05, 3.63) is 59.9 Å². The molecule has 0 saturated heterocycles. The smallest absolute Gasteiger partial charge is 0.317 e. The molecule has 2 heterocycles. The van der Waals surface area contributed by atoms with Crippen molar-refractivity contribution in [2.24, 2.45) is 5.73 Å². The molecule has 2 amide bonds. The molecule has 0 aliphatic heterocycles. The summed E-state index contributed by atoms with van der Waals surface area (Å²) in [5.41, 5.74) is 7.18. The highest BCUT2D eigenvalue weighted by molar-refractivity contribution is 5.91. The lowest BCUT2D eigenvalue weighted by Gasteiger charge is -2.09. The number of nitrogens with zero attached hydrogens (tertiary/aromatic N) is 2. The summed E-state index contributed by atoms with van der Waals surface area (Å²) in [4.78, 5) is 19.3. The molecule has 1 aromatic carbocycles. The number of urea groups is 1. The fourth-order valence-electron chi connectivity index (χ4n) is 2.25. The molecule has 0 saturated carbocycles. The van der Waals surface area contributed by atoms with Crippen LogP contribution in [0.5, 0.6) is 5.88 Å². The first-order valence-electron chi connectivity index (χ1n) is 7.11. The van der Waals surface area contributed by atoms with E-state index in [9.17, 15) is 4.79 Å². The van der Waals surface area contributed by atoms with Crippen molar-refractivity contribution in [3.63, 3.8) is 0 Å². The zero-order valence-corrected chi connectivity index (χ0v) is 13.8. The Kier molecular flexibility index (Phi) is 5.55. The van der Waals surface area contributed by atoms with Crippen LogP contribution in [0.4, 0.5) is 10.6 Å². The third-order valence-corrected chi connectivity index (χ3v) is 3.37. The molecule has 3 aromatic rings. The first-order chi connectivity index (χ1) is 11.1. The van der Waals surface area contributed by atoms with Crippen molar-refractivity contribution in [1.29, 1.82) is 0 Å². The highest BCUT2D eigenvalue weighted by atomic mass is 35.5. The summed E-state index contributed by atoms with van der Waals surface area (Å²) in [6, 6.07) is 10.8. The highest BCUT2D eigenvalue weighted by Gasteiger charge is 2.05. The van der Waals surface area contributed by atoms with E-state index < -0.39 is 6.03 Å². The quantitative estimate of drug-likeness (QED) is 0.758. The van der Waals surface area contributed by atoms with Crippen molar-refractivity contribution >= 4 is 35.0 Å². The van der Waals surface area contributed by atoms with Crippen LogP contribution in [0.25, 0.3) is 10.8 Å². The largest absolute Gasteiger partial charge is 0.473 e. The fraction of sp³-hybridized carbons (Fsp3) is 0.118. The van der Waals surface area contributed by atoms with Gasteiger partial charge >= 0.3 is 6.03 Å². The van der Waals surface area contributed by atoms with E-state index in [4.69, 9.17) is 10.5 Å². The molecular weight excluding hydrogens is 328 g/mol. The zero-order valence-electron chi connectivity index (χ0n) is 13.0. The van der Waals surface area contributed by atoms with Gasteiger partial charge < -0.3 is 10.5 Å². The Morgan fingerprint density at radius 3 is 2.75 bits per heavy atom. The lowest BCUT2D eigenvalue weighted by molar-refractivity contribution is 0.259. The summed E-state index contributed by atoms with van der Waals surface area (Å²) in [6.07, 6.45) is 3.46. The Bertz CT molecular complexity index is 853. The number of aryl methyl sites for hydroxylation is 1. The summed E-state index contributed by atoms with van der Waals surface area (Å²) < 4.78 is 5.72. The van der Waals surface area contributed by atoms with Gasteiger partial charge in [-0.25, -0.2) is 14.8 Å². The first-order valence-corrected chi connectivity index (χ1v) is 7.11. The lowest BCUT2D eigenvalue weighted by atomic mass is 10.1. The normalized spacial score (nSPS) is 10.0. The predicted octanol–water partition coefficient (Wildman–Crippen LogP) is 3.43. The van der Waals surface area contributed by atoms with Crippen LogP contribution in [0.2, 0.25) is 0 Å². The molecule has 0 unspecified atom stereocenters. The minimum atomic E-state index is -0.637. The third-order valence-electron chi connectivity index (χ3n) is 3.37. The second-order valence-electron chi connectivity index (χ2n) is 5.16. The van der Waals surface area contributed by atoms with E-state index in [1.165, 1.54) is 0 Å². The molecule has 0 radical (unpaired) electrons. The molecule has 3 rings (SSSR count). The molecule has 0 spiro atoms. The van der Waals surface area contributed by atoms with E-state index in [0.717, 1.165) is 21.9 Å². The van der Waals surface area contributed by atoms with Gasteiger partial charge in [-0.05, 0) is 29.5 Å². The first kappa shape index (κ1) is 17.5. The molecule has 124 valence electrons. The number of nitrogens with two attached hydrogens (primary N) is 1. The molecule has 0 aliphatic carbocycles. The summed E-state index contributed by atoms with van der Waals surface area (Å²) in [6.45, 7) is 2.36. The Hall–Kier alpha value is -2.86. The summed E-state index contributed by atoms with van der Waals surface area (Å²) in [5, 5.41) is 4.37. The molecule has 7 heteroatoms. The Morgan fingerprint density at radius 2 is 2.04 bits per heavy atom. The minimum absolute atomic E-state index is 0. The van der Waals surface area contributed by atoms with Gasteiger partial charge in [-0.3, -0.25) is 5.32 Å². The van der Waals surface area contributed by atoms with E-state index in [-0.39, 0.29) is 12.4 Å². The maximum absolute atomic E-state index is 10.9. The molecule has 6 nitrogen and oxygen atoms in total. The van der Waals surface area contributed by atoms with E-state index in [1.54, 1.807) is 18.5 Å². The van der Waals surface area contributed by atoms with Gasteiger partial charge in [0.15, 0.2) is 0 Å². The van der Waals surface area contributed by atoms with Crippen LogP contribution < -0.4 is 15.8 Å². The van der Waals surface area contributed by atoms with Gasteiger partial charge in [0.05, 0.1) is 0 Å². The van der Waals surface area contributed by atoms with Crippen LogP contribution in [0.15, 0.2) is 48.8 Å². The summed E-state index contributed by atoms with van der Waals surface area (Å²) in [7, 11) is 0. The average Bonchev–Trinajstić information content (AvgIpc) is 2.53. The van der Waals surface area contributed by atoms with Gasteiger partial charge in [0.2, 0.25) is 5.88 Å². The van der Waals surface area contributed by atoms with E-state index >= 15 is 0 Å². The van der Waals surface area contributed by atoms with E-state index in [0.29, 0.717) is 18.3 Å². The van der Waals surface area contributed by atoms with Gasteiger partial charge in [-0.2, -0.15) is 0 Å². The van der Waals surface area contributed by atoms with Gasteiger partial charge in [-0.1, -0.05) is 24.3 Å². The van der Waals surface area contributed by atoms with Crippen LogP contribution in [0.3, 0.4) is 0 Å². The van der Waals surface area contributed by atoms with Crippen molar-refractivity contribution in [1.82, 2.24) is 9.97 Å². The second-order valence-corrected chi connectivity index (χ2v) is 5.16. The Balaban J connectivity index is 0.00000208. The monoisotopic (exact) mass is 344 g/mol. The number of benzene rings is 1. The summed E-state index contributed by atoms with van der Waals surface area (Å²) >= 11 is 0. The molecule has 0 atom stereocenters. The highest BCUT2D eigenvalue weighted by Crippen LogP contribution is 2.22. The number of anilines is 1. The lowest BCUT2D eigenvalue weighted by Crippen LogP contribution is -2.19. The predicted molar refractivity (Wildman–Crippen MR) is 95.5 cm³/mol. The van der Waals surface area contributed by atoms with Crippen molar-refractivity contribution < 1.29 is 9.53 Å². The number of amides is 2. The molecule has 0 aliphatic rings. The Labute approximate surface area is 145 Å². The van der Waals surface area contributed by atoms with Gasteiger partial charge in [0.25, 0.3) is 0 Å². The topological polar surface area (TPSA) is 90.1 Å². The number of pyridine rings is 2. The number of carbonyl (C=O) groups is 1. The number of fused-ring (bicyclic) bond motifs is 1. The number of nitrogens with one attached hydrogen (secondary N) is 1. The molecule has 0 bridgehead atoms. The molecule has 0 fully saturated rings. The molecule has 24 heavy (non-hydrogen) atoms. The van der Waals surface area contributed by atoms with E-state index in [2.05, 4.69) is 15.3 Å². The molecular formula is C17H17ClN4O2. The Morgan fingerprint density at radius 1 is 1.21 bits per heavy atom. The summed E-state index contributed by atoms with van der Waals surface area (Å²) in [5.74, 6) is 0.996. The number of halogens is 1. The maximum Gasteiger partial charge on any atom is 0.317 e.